The molecule has 0 aliphatic carbocycles. The molecule has 1 aliphatic heterocycles. The Morgan fingerprint density at radius 3 is 2.28 bits per heavy atom. The molecule has 29 heavy (non-hydrogen) atoms. The van der Waals surface area contributed by atoms with E-state index >= 15 is 0 Å². The molecule has 3 rings (SSSR count). The van der Waals surface area contributed by atoms with Gasteiger partial charge in [-0.2, -0.15) is 18.3 Å². The molecule has 0 radical (unpaired) electrons. The maximum absolute atomic E-state index is 12.8. The van der Waals surface area contributed by atoms with E-state index in [-0.39, 0.29) is 32.1 Å². The van der Waals surface area contributed by atoms with Gasteiger partial charge in [-0.1, -0.05) is 29.8 Å². The summed E-state index contributed by atoms with van der Waals surface area (Å²) in [7, 11) is 0. The van der Waals surface area contributed by atoms with E-state index in [1.807, 2.05) is 31.2 Å². The van der Waals surface area contributed by atoms with Gasteiger partial charge in [-0.3, -0.25) is 14.5 Å². The van der Waals surface area contributed by atoms with Crippen molar-refractivity contribution >= 4 is 5.91 Å². The molecular weight excluding hydrogens is 385 g/mol. The fraction of sp³-hybridized carbons (Fsp3) is 0.450. The number of rotatable bonds is 4. The van der Waals surface area contributed by atoms with Crippen LogP contribution >= 0.6 is 0 Å². The van der Waals surface area contributed by atoms with Gasteiger partial charge < -0.3 is 4.90 Å². The first-order chi connectivity index (χ1) is 13.6. The van der Waals surface area contributed by atoms with Gasteiger partial charge in [0.2, 0.25) is 5.91 Å². The molecule has 0 spiro atoms. The van der Waals surface area contributed by atoms with E-state index in [0.29, 0.717) is 5.69 Å². The highest BCUT2D eigenvalue weighted by Crippen LogP contribution is 2.19. The van der Waals surface area contributed by atoms with Crippen molar-refractivity contribution in [3.8, 4) is 11.3 Å². The van der Waals surface area contributed by atoms with Crippen LogP contribution < -0.4 is 5.56 Å². The first-order valence-corrected chi connectivity index (χ1v) is 9.39. The minimum absolute atomic E-state index is 0.143. The Morgan fingerprint density at radius 2 is 1.69 bits per heavy atom. The molecule has 1 saturated heterocycles. The van der Waals surface area contributed by atoms with E-state index in [1.165, 1.54) is 15.9 Å². The summed E-state index contributed by atoms with van der Waals surface area (Å²) in [6.45, 7) is 3.22. The predicted octanol–water partition coefficient (Wildman–Crippen LogP) is 2.49. The number of halogens is 3. The van der Waals surface area contributed by atoms with Crippen molar-refractivity contribution in [3.05, 3.63) is 52.3 Å². The Hall–Kier alpha value is -2.68. The largest absolute Gasteiger partial charge is 0.401 e. The SMILES string of the molecule is Cc1ccc(-c2ccc(=O)n(C(C)C(=O)N3CCN(CC(F)(F)F)CC3)n2)cc1. The average Bonchev–Trinajstić information content (AvgIpc) is 2.67. The molecule has 2 heterocycles. The molecule has 1 fully saturated rings. The molecule has 0 saturated carbocycles. The fourth-order valence-corrected chi connectivity index (χ4v) is 3.33. The van der Waals surface area contributed by atoms with Crippen LogP contribution in [-0.2, 0) is 4.79 Å². The van der Waals surface area contributed by atoms with Crippen LogP contribution in [0.25, 0.3) is 11.3 Å². The first-order valence-electron chi connectivity index (χ1n) is 9.39. The topological polar surface area (TPSA) is 58.4 Å². The lowest BCUT2D eigenvalue weighted by molar-refractivity contribution is -0.152. The van der Waals surface area contributed by atoms with Crippen molar-refractivity contribution in [2.75, 3.05) is 32.7 Å². The monoisotopic (exact) mass is 408 g/mol. The second-order valence-electron chi connectivity index (χ2n) is 7.26. The molecule has 9 heteroatoms. The van der Waals surface area contributed by atoms with Gasteiger partial charge in [0.15, 0.2) is 0 Å². The minimum Gasteiger partial charge on any atom is -0.338 e. The Kier molecular flexibility index (Phi) is 6.07. The van der Waals surface area contributed by atoms with E-state index in [1.54, 1.807) is 13.0 Å². The van der Waals surface area contributed by atoms with Crippen LogP contribution in [0.3, 0.4) is 0 Å². The molecule has 1 aromatic carbocycles. The lowest BCUT2D eigenvalue weighted by atomic mass is 10.1. The van der Waals surface area contributed by atoms with Crippen LogP contribution in [0, 0.1) is 6.92 Å². The highest BCUT2D eigenvalue weighted by atomic mass is 19.4. The summed E-state index contributed by atoms with van der Waals surface area (Å²) in [6.07, 6.45) is -4.26. The number of aryl methyl sites for hydroxylation is 1. The van der Waals surface area contributed by atoms with E-state index in [9.17, 15) is 22.8 Å². The van der Waals surface area contributed by atoms with Gasteiger partial charge in [0.05, 0.1) is 12.2 Å². The highest BCUT2D eigenvalue weighted by Gasteiger charge is 2.34. The number of nitrogens with zero attached hydrogens (tertiary/aromatic N) is 4. The number of aromatic nitrogens is 2. The van der Waals surface area contributed by atoms with Crippen molar-refractivity contribution < 1.29 is 18.0 Å². The third-order valence-corrected chi connectivity index (χ3v) is 4.98. The zero-order chi connectivity index (χ0) is 21.2. The second kappa shape index (κ2) is 8.36. The maximum Gasteiger partial charge on any atom is 0.401 e. The normalized spacial score (nSPS) is 16.7. The smallest absolute Gasteiger partial charge is 0.338 e. The lowest BCUT2D eigenvalue weighted by Crippen LogP contribution is -2.52. The maximum atomic E-state index is 12.8. The summed E-state index contributed by atoms with van der Waals surface area (Å²) in [5.41, 5.74) is 2.08. The third kappa shape index (κ3) is 5.23. The minimum atomic E-state index is -4.26. The van der Waals surface area contributed by atoms with Crippen LogP contribution in [0.5, 0.6) is 0 Å². The molecular formula is C20H23F3N4O2. The molecule has 1 amide bonds. The number of carbonyl (C=O) groups excluding carboxylic acids is 1. The molecule has 1 aromatic heterocycles. The zero-order valence-corrected chi connectivity index (χ0v) is 16.3. The Bertz CT molecular complexity index is 917. The number of benzene rings is 1. The highest BCUT2D eigenvalue weighted by molar-refractivity contribution is 5.80. The first kappa shape index (κ1) is 21.0. The number of hydrogen-bond donors (Lipinski definition) is 0. The lowest BCUT2D eigenvalue weighted by Gasteiger charge is -2.36. The molecule has 6 nitrogen and oxygen atoms in total. The predicted molar refractivity (Wildman–Crippen MR) is 102 cm³/mol. The number of hydrogen-bond acceptors (Lipinski definition) is 4. The van der Waals surface area contributed by atoms with E-state index in [2.05, 4.69) is 5.10 Å². The van der Waals surface area contributed by atoms with Gasteiger partial charge in [0.25, 0.3) is 5.56 Å². The van der Waals surface area contributed by atoms with Crippen molar-refractivity contribution in [2.24, 2.45) is 0 Å². The van der Waals surface area contributed by atoms with Gasteiger partial charge in [-0.25, -0.2) is 4.68 Å². The zero-order valence-electron chi connectivity index (χ0n) is 16.3. The number of alkyl halides is 3. The van der Waals surface area contributed by atoms with Gasteiger partial charge >= 0.3 is 6.18 Å². The molecule has 1 aliphatic rings. The Morgan fingerprint density at radius 1 is 1.07 bits per heavy atom. The number of piperazine rings is 1. The summed E-state index contributed by atoms with van der Waals surface area (Å²) in [5.74, 6) is -0.327. The summed E-state index contributed by atoms with van der Waals surface area (Å²) >= 11 is 0. The second-order valence-corrected chi connectivity index (χ2v) is 7.26. The standard InChI is InChI=1S/C20H23F3N4O2/c1-14-3-5-16(6-4-14)17-7-8-18(28)27(24-17)15(2)19(29)26-11-9-25(10-12-26)13-20(21,22)23/h3-8,15H,9-13H2,1-2H3. The molecule has 156 valence electrons. The fourth-order valence-electron chi connectivity index (χ4n) is 3.33. The summed E-state index contributed by atoms with van der Waals surface area (Å²) in [6, 6.07) is 9.77. The van der Waals surface area contributed by atoms with Crippen LogP contribution in [-0.4, -0.2) is 64.4 Å². The van der Waals surface area contributed by atoms with Gasteiger partial charge in [-0.05, 0) is 19.9 Å². The van der Waals surface area contributed by atoms with Crippen LogP contribution in [0.1, 0.15) is 18.5 Å². The summed E-state index contributed by atoms with van der Waals surface area (Å²) in [5, 5.41) is 4.35. The van der Waals surface area contributed by atoms with Gasteiger partial charge in [0, 0.05) is 37.8 Å². The average molecular weight is 408 g/mol. The molecule has 0 N–H and O–H groups in total. The quantitative estimate of drug-likeness (QED) is 0.780. The number of amides is 1. The Labute approximate surface area is 166 Å². The van der Waals surface area contributed by atoms with Crippen molar-refractivity contribution in [1.29, 1.82) is 0 Å². The van der Waals surface area contributed by atoms with Crippen LogP contribution in [0.15, 0.2) is 41.2 Å². The van der Waals surface area contributed by atoms with Crippen molar-refractivity contribution in [2.45, 2.75) is 26.1 Å². The molecule has 2 aromatic rings. The third-order valence-electron chi connectivity index (χ3n) is 4.98. The number of carbonyl (C=O) groups is 1. The van der Waals surface area contributed by atoms with Crippen molar-refractivity contribution in [1.82, 2.24) is 19.6 Å². The van der Waals surface area contributed by atoms with Crippen LogP contribution in [0.2, 0.25) is 0 Å². The molecule has 1 unspecified atom stereocenters. The van der Waals surface area contributed by atoms with Crippen molar-refractivity contribution in [3.63, 3.8) is 0 Å². The molecule has 1 atom stereocenters. The van der Waals surface area contributed by atoms with Gasteiger partial charge in [-0.15, -0.1) is 0 Å². The van der Waals surface area contributed by atoms with Crippen LogP contribution in [0.4, 0.5) is 13.2 Å². The van der Waals surface area contributed by atoms with E-state index < -0.39 is 24.3 Å². The van der Waals surface area contributed by atoms with Gasteiger partial charge in [0.1, 0.15) is 6.04 Å². The summed E-state index contributed by atoms with van der Waals surface area (Å²) < 4.78 is 38.7. The Balaban J connectivity index is 1.72. The van der Waals surface area contributed by atoms with E-state index in [0.717, 1.165) is 15.8 Å². The summed E-state index contributed by atoms with van der Waals surface area (Å²) in [4.78, 5) is 27.9. The molecule has 0 bridgehead atoms. The van der Waals surface area contributed by atoms with E-state index in [4.69, 9.17) is 0 Å².